The molecular formula is C21H29NO4. The summed E-state index contributed by atoms with van der Waals surface area (Å²) in [5, 5.41) is 0. The summed E-state index contributed by atoms with van der Waals surface area (Å²) in [5.41, 5.74) is 1.23. The van der Waals surface area contributed by atoms with E-state index in [0.29, 0.717) is 19.8 Å². The van der Waals surface area contributed by atoms with E-state index >= 15 is 0 Å². The molecule has 2 rings (SSSR count). The Hall–Kier alpha value is -2.24. The summed E-state index contributed by atoms with van der Waals surface area (Å²) in [5.74, 6) is 2.41. The SMILES string of the molecule is COc1ccc(CCN(C)CCOCCOc2ccccc2)cc1OC. The lowest BCUT2D eigenvalue weighted by Crippen LogP contribution is -2.26. The van der Waals surface area contributed by atoms with Gasteiger partial charge in [0.05, 0.1) is 27.4 Å². The lowest BCUT2D eigenvalue weighted by molar-refractivity contribution is 0.0851. The van der Waals surface area contributed by atoms with Gasteiger partial charge in [-0.15, -0.1) is 0 Å². The maximum Gasteiger partial charge on any atom is 0.160 e. The first-order valence-corrected chi connectivity index (χ1v) is 8.88. The van der Waals surface area contributed by atoms with E-state index in [2.05, 4.69) is 18.0 Å². The molecule has 0 atom stereocenters. The maximum atomic E-state index is 5.64. The Labute approximate surface area is 156 Å². The summed E-state index contributed by atoms with van der Waals surface area (Å²) in [6, 6.07) is 15.8. The quantitative estimate of drug-likeness (QED) is 0.544. The molecule has 0 saturated heterocycles. The van der Waals surface area contributed by atoms with Crippen LogP contribution in [0.2, 0.25) is 0 Å². The zero-order valence-corrected chi connectivity index (χ0v) is 15.9. The highest BCUT2D eigenvalue weighted by molar-refractivity contribution is 5.42. The molecule has 0 aromatic heterocycles. The normalized spacial score (nSPS) is 10.8. The van der Waals surface area contributed by atoms with E-state index in [1.807, 2.05) is 42.5 Å². The molecule has 142 valence electrons. The molecule has 5 heteroatoms. The molecule has 0 radical (unpaired) electrons. The fourth-order valence-corrected chi connectivity index (χ4v) is 2.53. The van der Waals surface area contributed by atoms with Gasteiger partial charge in [0.2, 0.25) is 0 Å². The Kier molecular flexibility index (Phi) is 8.79. The van der Waals surface area contributed by atoms with Crippen LogP contribution in [0.5, 0.6) is 17.2 Å². The highest BCUT2D eigenvalue weighted by Crippen LogP contribution is 2.27. The monoisotopic (exact) mass is 359 g/mol. The summed E-state index contributed by atoms with van der Waals surface area (Å²) in [6.07, 6.45) is 0.952. The number of rotatable bonds is 12. The van der Waals surface area contributed by atoms with Crippen molar-refractivity contribution in [3.63, 3.8) is 0 Å². The Morgan fingerprint density at radius 3 is 2.31 bits per heavy atom. The second kappa shape index (κ2) is 11.4. The van der Waals surface area contributed by atoms with Gasteiger partial charge in [0.15, 0.2) is 11.5 Å². The maximum absolute atomic E-state index is 5.64. The van der Waals surface area contributed by atoms with Gasteiger partial charge >= 0.3 is 0 Å². The lowest BCUT2D eigenvalue weighted by Gasteiger charge is -2.17. The summed E-state index contributed by atoms with van der Waals surface area (Å²) in [6.45, 7) is 3.70. The van der Waals surface area contributed by atoms with Crippen LogP contribution in [-0.4, -0.2) is 59.1 Å². The van der Waals surface area contributed by atoms with Crippen molar-refractivity contribution >= 4 is 0 Å². The van der Waals surface area contributed by atoms with Crippen LogP contribution in [0, 0.1) is 0 Å². The van der Waals surface area contributed by atoms with Gasteiger partial charge in [0.25, 0.3) is 0 Å². The van der Waals surface area contributed by atoms with E-state index in [4.69, 9.17) is 18.9 Å². The molecule has 0 N–H and O–H groups in total. The predicted octanol–water partition coefficient (Wildman–Crippen LogP) is 3.27. The Morgan fingerprint density at radius 1 is 0.808 bits per heavy atom. The van der Waals surface area contributed by atoms with Crippen LogP contribution in [0.25, 0.3) is 0 Å². The predicted molar refractivity (Wildman–Crippen MR) is 104 cm³/mol. The van der Waals surface area contributed by atoms with Gasteiger partial charge in [-0.2, -0.15) is 0 Å². The van der Waals surface area contributed by atoms with E-state index in [9.17, 15) is 0 Å². The number of hydrogen-bond donors (Lipinski definition) is 0. The van der Waals surface area contributed by atoms with Crippen LogP contribution in [-0.2, 0) is 11.2 Å². The first-order chi connectivity index (χ1) is 12.7. The second-order valence-corrected chi connectivity index (χ2v) is 6.02. The minimum Gasteiger partial charge on any atom is -0.493 e. The number of ether oxygens (including phenoxy) is 4. The van der Waals surface area contributed by atoms with E-state index in [1.54, 1.807) is 14.2 Å². The molecule has 26 heavy (non-hydrogen) atoms. The summed E-state index contributed by atoms with van der Waals surface area (Å²) >= 11 is 0. The average Bonchev–Trinajstić information content (AvgIpc) is 2.69. The van der Waals surface area contributed by atoms with Gasteiger partial charge in [-0.3, -0.25) is 0 Å². The van der Waals surface area contributed by atoms with Crippen LogP contribution < -0.4 is 14.2 Å². The van der Waals surface area contributed by atoms with E-state index in [1.165, 1.54) is 5.56 Å². The number of hydrogen-bond acceptors (Lipinski definition) is 5. The Morgan fingerprint density at radius 2 is 1.58 bits per heavy atom. The molecule has 0 unspecified atom stereocenters. The summed E-state index contributed by atoms with van der Waals surface area (Å²) < 4.78 is 21.9. The number of benzene rings is 2. The molecule has 0 spiro atoms. The minimum atomic E-state index is 0.569. The fourth-order valence-electron chi connectivity index (χ4n) is 2.53. The standard InChI is InChI=1S/C21H29NO4/c1-22(12-11-18-9-10-20(23-2)21(17-18)24-3)13-14-25-15-16-26-19-7-5-4-6-8-19/h4-10,17H,11-16H2,1-3H3. The number of para-hydroxylation sites is 1. The van der Waals surface area contributed by atoms with Gasteiger partial charge in [-0.1, -0.05) is 24.3 Å². The number of likely N-dealkylation sites (N-methyl/N-ethyl adjacent to an activating group) is 1. The number of nitrogens with zero attached hydrogens (tertiary/aromatic N) is 1. The molecule has 0 aliphatic carbocycles. The Bertz CT molecular complexity index is 633. The van der Waals surface area contributed by atoms with Crippen LogP contribution in [0.1, 0.15) is 5.56 Å². The Balaban J connectivity index is 1.58. The molecule has 2 aromatic carbocycles. The van der Waals surface area contributed by atoms with Crippen molar-refractivity contribution in [2.45, 2.75) is 6.42 Å². The van der Waals surface area contributed by atoms with E-state index in [-0.39, 0.29) is 0 Å². The van der Waals surface area contributed by atoms with Crippen LogP contribution >= 0.6 is 0 Å². The third-order valence-electron chi connectivity index (χ3n) is 4.09. The molecule has 0 amide bonds. The fraction of sp³-hybridized carbons (Fsp3) is 0.429. The molecule has 0 fully saturated rings. The van der Waals surface area contributed by atoms with Crippen molar-refractivity contribution in [2.24, 2.45) is 0 Å². The van der Waals surface area contributed by atoms with Crippen molar-refractivity contribution in [1.82, 2.24) is 4.90 Å². The molecule has 0 bridgehead atoms. The van der Waals surface area contributed by atoms with Gasteiger partial charge in [-0.05, 0) is 43.3 Å². The lowest BCUT2D eigenvalue weighted by atomic mass is 10.1. The first kappa shape index (κ1) is 20.1. The molecule has 0 saturated carbocycles. The molecule has 2 aromatic rings. The molecule has 0 aliphatic rings. The molecule has 0 heterocycles. The molecular weight excluding hydrogens is 330 g/mol. The minimum absolute atomic E-state index is 0.569. The first-order valence-electron chi connectivity index (χ1n) is 8.88. The van der Waals surface area contributed by atoms with Crippen molar-refractivity contribution < 1.29 is 18.9 Å². The second-order valence-electron chi connectivity index (χ2n) is 6.02. The van der Waals surface area contributed by atoms with Gasteiger partial charge in [-0.25, -0.2) is 0 Å². The largest absolute Gasteiger partial charge is 0.493 e. The third-order valence-corrected chi connectivity index (χ3v) is 4.09. The highest BCUT2D eigenvalue weighted by atomic mass is 16.5. The third kappa shape index (κ3) is 6.94. The van der Waals surface area contributed by atoms with Crippen LogP contribution in [0.15, 0.2) is 48.5 Å². The zero-order valence-electron chi connectivity index (χ0n) is 15.9. The van der Waals surface area contributed by atoms with Crippen LogP contribution in [0.3, 0.4) is 0 Å². The van der Waals surface area contributed by atoms with Crippen LogP contribution in [0.4, 0.5) is 0 Å². The molecule has 5 nitrogen and oxygen atoms in total. The summed E-state index contributed by atoms with van der Waals surface area (Å²) in [4.78, 5) is 2.26. The van der Waals surface area contributed by atoms with Gasteiger partial charge in [0.1, 0.15) is 12.4 Å². The zero-order chi connectivity index (χ0) is 18.6. The van der Waals surface area contributed by atoms with Gasteiger partial charge < -0.3 is 23.8 Å². The van der Waals surface area contributed by atoms with Crippen molar-refractivity contribution in [3.05, 3.63) is 54.1 Å². The number of methoxy groups -OCH3 is 2. The molecule has 0 aliphatic heterocycles. The topological polar surface area (TPSA) is 40.2 Å². The van der Waals surface area contributed by atoms with E-state index in [0.717, 1.165) is 36.8 Å². The smallest absolute Gasteiger partial charge is 0.160 e. The van der Waals surface area contributed by atoms with Crippen molar-refractivity contribution in [2.75, 3.05) is 54.2 Å². The van der Waals surface area contributed by atoms with Crippen molar-refractivity contribution in [3.8, 4) is 17.2 Å². The summed E-state index contributed by atoms with van der Waals surface area (Å²) in [7, 11) is 5.41. The highest BCUT2D eigenvalue weighted by Gasteiger charge is 2.06. The van der Waals surface area contributed by atoms with Gasteiger partial charge in [0, 0.05) is 13.1 Å². The van der Waals surface area contributed by atoms with Crippen molar-refractivity contribution in [1.29, 1.82) is 0 Å². The average molecular weight is 359 g/mol. The van der Waals surface area contributed by atoms with E-state index < -0.39 is 0 Å².